The molecular formula is C15H22FN. The molecule has 0 fully saturated rings. The Kier molecular flexibility index (Phi) is 5.92. The lowest BCUT2D eigenvalue weighted by molar-refractivity contribution is 0.475. The smallest absolute Gasteiger partial charge is 0.130 e. The van der Waals surface area contributed by atoms with E-state index in [0.29, 0.717) is 5.56 Å². The summed E-state index contributed by atoms with van der Waals surface area (Å²) in [6.45, 7) is 8.56. The van der Waals surface area contributed by atoms with Crippen LogP contribution in [0.15, 0.2) is 30.9 Å². The first-order valence-electron chi connectivity index (χ1n) is 6.30. The Morgan fingerprint density at radius 3 is 2.88 bits per heavy atom. The van der Waals surface area contributed by atoms with E-state index in [1.807, 2.05) is 31.2 Å². The van der Waals surface area contributed by atoms with Gasteiger partial charge in [0.2, 0.25) is 0 Å². The summed E-state index contributed by atoms with van der Waals surface area (Å²) >= 11 is 0. The Morgan fingerprint density at radius 1 is 1.47 bits per heavy atom. The minimum atomic E-state index is -0.0786. The molecule has 0 aromatic heterocycles. The fraction of sp³-hybridized carbons (Fsp3) is 0.467. The van der Waals surface area contributed by atoms with Gasteiger partial charge in [-0.25, -0.2) is 4.39 Å². The van der Waals surface area contributed by atoms with Crippen LogP contribution >= 0.6 is 0 Å². The molecule has 0 radical (unpaired) electrons. The number of hydrogen-bond donors (Lipinski definition) is 1. The molecule has 94 valence electrons. The highest BCUT2D eigenvalue weighted by Gasteiger charge is 2.15. The van der Waals surface area contributed by atoms with E-state index in [2.05, 4.69) is 18.8 Å². The summed E-state index contributed by atoms with van der Waals surface area (Å²) in [7, 11) is 0. The number of rotatable bonds is 7. The maximum Gasteiger partial charge on any atom is 0.130 e. The first kappa shape index (κ1) is 13.9. The van der Waals surface area contributed by atoms with Crippen molar-refractivity contribution < 1.29 is 4.39 Å². The highest BCUT2D eigenvalue weighted by Crippen LogP contribution is 2.23. The van der Waals surface area contributed by atoms with E-state index in [-0.39, 0.29) is 11.9 Å². The van der Waals surface area contributed by atoms with Crippen molar-refractivity contribution in [3.8, 4) is 0 Å². The van der Waals surface area contributed by atoms with Crippen LogP contribution in [0.1, 0.15) is 43.4 Å². The Hall–Kier alpha value is -1.15. The van der Waals surface area contributed by atoms with Crippen LogP contribution in [-0.4, -0.2) is 6.54 Å². The molecule has 2 heteroatoms. The summed E-state index contributed by atoms with van der Waals surface area (Å²) in [4.78, 5) is 0. The van der Waals surface area contributed by atoms with E-state index in [1.165, 1.54) is 0 Å². The zero-order valence-corrected chi connectivity index (χ0v) is 10.8. The lowest BCUT2D eigenvalue weighted by atomic mass is 9.99. The number of halogens is 1. The van der Waals surface area contributed by atoms with Crippen LogP contribution in [0.2, 0.25) is 0 Å². The van der Waals surface area contributed by atoms with Crippen LogP contribution in [0.3, 0.4) is 0 Å². The van der Waals surface area contributed by atoms with Gasteiger partial charge in [-0.3, -0.25) is 0 Å². The zero-order chi connectivity index (χ0) is 12.7. The largest absolute Gasteiger partial charge is 0.310 e. The second-order valence-corrected chi connectivity index (χ2v) is 4.35. The van der Waals surface area contributed by atoms with Crippen molar-refractivity contribution >= 4 is 0 Å². The molecule has 0 heterocycles. The lowest BCUT2D eigenvalue weighted by Gasteiger charge is -2.19. The van der Waals surface area contributed by atoms with Gasteiger partial charge in [-0.1, -0.05) is 31.2 Å². The topological polar surface area (TPSA) is 12.0 Å². The Labute approximate surface area is 104 Å². The Morgan fingerprint density at radius 2 is 2.24 bits per heavy atom. The third kappa shape index (κ3) is 3.97. The van der Waals surface area contributed by atoms with Gasteiger partial charge in [0.05, 0.1) is 0 Å². The van der Waals surface area contributed by atoms with Gasteiger partial charge in [0.1, 0.15) is 5.82 Å². The molecule has 0 saturated carbocycles. The predicted octanol–water partition coefficient (Wildman–Crippen LogP) is 4.14. The fourth-order valence-electron chi connectivity index (χ4n) is 1.91. The van der Waals surface area contributed by atoms with Crippen LogP contribution in [0.4, 0.5) is 4.39 Å². The normalized spacial score (nSPS) is 12.4. The highest BCUT2D eigenvalue weighted by molar-refractivity contribution is 5.27. The van der Waals surface area contributed by atoms with E-state index in [1.54, 1.807) is 0 Å². The summed E-state index contributed by atoms with van der Waals surface area (Å²) < 4.78 is 14.0. The number of hydrogen-bond acceptors (Lipinski definition) is 1. The minimum Gasteiger partial charge on any atom is -0.310 e. The molecule has 0 spiro atoms. The van der Waals surface area contributed by atoms with Gasteiger partial charge in [-0.15, -0.1) is 6.58 Å². The monoisotopic (exact) mass is 235 g/mol. The fourth-order valence-corrected chi connectivity index (χ4v) is 1.91. The third-order valence-corrected chi connectivity index (χ3v) is 2.90. The number of allylic oxidation sites excluding steroid dienone is 1. The van der Waals surface area contributed by atoms with Gasteiger partial charge in [-0.05, 0) is 38.3 Å². The molecule has 0 bridgehead atoms. The molecule has 0 aliphatic rings. The molecule has 1 aromatic carbocycles. The zero-order valence-electron chi connectivity index (χ0n) is 10.8. The van der Waals surface area contributed by atoms with E-state index >= 15 is 0 Å². The minimum absolute atomic E-state index is 0.0786. The molecule has 0 aliphatic carbocycles. The highest BCUT2D eigenvalue weighted by atomic mass is 19.1. The van der Waals surface area contributed by atoms with Gasteiger partial charge in [0.15, 0.2) is 0 Å². The van der Waals surface area contributed by atoms with Crippen molar-refractivity contribution in [1.29, 1.82) is 0 Å². The van der Waals surface area contributed by atoms with Crippen LogP contribution in [0.5, 0.6) is 0 Å². The molecule has 1 unspecified atom stereocenters. The Balaban J connectivity index is 2.86. The SMILES string of the molecule is C=CCCC(NCCC)c1cccc(C)c1F. The predicted molar refractivity (Wildman–Crippen MR) is 71.6 cm³/mol. The quantitative estimate of drug-likeness (QED) is 0.700. The summed E-state index contributed by atoms with van der Waals surface area (Å²) in [5, 5.41) is 3.40. The van der Waals surface area contributed by atoms with Gasteiger partial charge in [0.25, 0.3) is 0 Å². The Bertz CT molecular complexity index is 360. The summed E-state index contributed by atoms with van der Waals surface area (Å²) in [5.74, 6) is -0.0786. The first-order chi connectivity index (χ1) is 8.20. The van der Waals surface area contributed by atoms with Crippen LogP contribution in [0.25, 0.3) is 0 Å². The average Bonchev–Trinajstić information content (AvgIpc) is 2.34. The van der Waals surface area contributed by atoms with E-state index in [0.717, 1.165) is 31.4 Å². The molecule has 0 aliphatic heterocycles. The van der Waals surface area contributed by atoms with Gasteiger partial charge in [0, 0.05) is 11.6 Å². The van der Waals surface area contributed by atoms with E-state index in [9.17, 15) is 4.39 Å². The maximum atomic E-state index is 14.0. The van der Waals surface area contributed by atoms with Crippen molar-refractivity contribution in [3.05, 3.63) is 47.8 Å². The number of aryl methyl sites for hydroxylation is 1. The molecule has 0 saturated heterocycles. The van der Waals surface area contributed by atoms with E-state index in [4.69, 9.17) is 0 Å². The molecule has 17 heavy (non-hydrogen) atoms. The van der Waals surface area contributed by atoms with Crippen molar-refractivity contribution in [2.75, 3.05) is 6.54 Å². The average molecular weight is 235 g/mol. The first-order valence-corrected chi connectivity index (χ1v) is 6.30. The third-order valence-electron chi connectivity index (χ3n) is 2.90. The second-order valence-electron chi connectivity index (χ2n) is 4.35. The molecule has 1 rings (SSSR count). The molecule has 1 atom stereocenters. The van der Waals surface area contributed by atoms with Crippen LogP contribution in [-0.2, 0) is 0 Å². The summed E-state index contributed by atoms with van der Waals surface area (Å²) in [5.41, 5.74) is 1.49. The standard InChI is InChI=1S/C15H22FN/c1-4-6-10-14(17-11-5-2)13-9-7-8-12(3)15(13)16/h4,7-9,14,17H,1,5-6,10-11H2,2-3H3. The number of nitrogens with one attached hydrogen (secondary N) is 1. The second kappa shape index (κ2) is 7.23. The maximum absolute atomic E-state index is 14.0. The van der Waals surface area contributed by atoms with Gasteiger partial charge >= 0.3 is 0 Å². The lowest BCUT2D eigenvalue weighted by Crippen LogP contribution is -2.23. The van der Waals surface area contributed by atoms with Crippen molar-refractivity contribution in [2.45, 2.75) is 39.2 Å². The molecule has 1 N–H and O–H groups in total. The van der Waals surface area contributed by atoms with Gasteiger partial charge < -0.3 is 5.32 Å². The molecule has 1 nitrogen and oxygen atoms in total. The molecule has 1 aromatic rings. The van der Waals surface area contributed by atoms with Crippen LogP contribution < -0.4 is 5.32 Å². The van der Waals surface area contributed by atoms with Crippen molar-refractivity contribution in [1.82, 2.24) is 5.32 Å². The molecular weight excluding hydrogens is 213 g/mol. The number of benzene rings is 1. The summed E-state index contributed by atoms with van der Waals surface area (Å²) in [6.07, 6.45) is 4.73. The van der Waals surface area contributed by atoms with E-state index < -0.39 is 0 Å². The van der Waals surface area contributed by atoms with Gasteiger partial charge in [-0.2, -0.15) is 0 Å². The van der Waals surface area contributed by atoms with Crippen LogP contribution in [0, 0.1) is 12.7 Å². The van der Waals surface area contributed by atoms with Crippen molar-refractivity contribution in [3.63, 3.8) is 0 Å². The molecule has 0 amide bonds. The van der Waals surface area contributed by atoms with Crippen molar-refractivity contribution in [2.24, 2.45) is 0 Å². The summed E-state index contributed by atoms with van der Waals surface area (Å²) in [6, 6.07) is 5.69.